The first-order chi connectivity index (χ1) is 5.02. The lowest BCUT2D eigenvalue weighted by Gasteiger charge is -2.07. The van der Waals surface area contributed by atoms with Crippen LogP contribution in [0.1, 0.15) is 13.8 Å². The van der Waals surface area contributed by atoms with Crippen LogP contribution < -0.4 is 5.32 Å². The van der Waals surface area contributed by atoms with E-state index in [-0.39, 0.29) is 0 Å². The van der Waals surface area contributed by atoms with Crippen LogP contribution in [0.2, 0.25) is 0 Å². The Kier molecular flexibility index (Phi) is 6.01. The highest BCUT2D eigenvalue weighted by Gasteiger charge is 1.99. The molecule has 0 aromatic carbocycles. The summed E-state index contributed by atoms with van der Waals surface area (Å²) in [6.07, 6.45) is 0. The van der Waals surface area contributed by atoms with Crippen molar-refractivity contribution in [3.05, 3.63) is 11.6 Å². The van der Waals surface area contributed by atoms with Crippen LogP contribution in [-0.2, 0) is 0 Å². The fourth-order valence-corrected chi connectivity index (χ4v) is 1.72. The molecule has 0 aromatic rings. The molecule has 0 aromatic heterocycles. The van der Waals surface area contributed by atoms with Crippen LogP contribution in [0.3, 0.4) is 0 Å². The summed E-state index contributed by atoms with van der Waals surface area (Å²) in [7, 11) is 0. The smallest absolute Gasteiger partial charge is 0.134 e. The summed E-state index contributed by atoms with van der Waals surface area (Å²) >= 11 is 12.2. The van der Waals surface area contributed by atoms with Crippen LogP contribution in [-0.4, -0.2) is 16.1 Å². The average Bonchev–Trinajstić information content (AvgIpc) is 1.82. The zero-order valence-corrected chi connectivity index (χ0v) is 9.07. The van der Waals surface area contributed by atoms with Crippen molar-refractivity contribution in [3.63, 3.8) is 0 Å². The third-order valence-electron chi connectivity index (χ3n) is 0.767. The summed E-state index contributed by atoms with van der Waals surface area (Å²) in [5, 5.41) is 4.07. The lowest BCUT2D eigenvalue weighted by atomic mass is 10.6. The lowest BCUT2D eigenvalue weighted by Crippen LogP contribution is -2.20. The molecule has 0 bridgehead atoms. The van der Waals surface area contributed by atoms with Crippen LogP contribution in [0.5, 0.6) is 0 Å². The Labute approximate surface area is 82.6 Å². The van der Waals surface area contributed by atoms with Gasteiger partial charge in [-0.15, -0.1) is 0 Å². The second kappa shape index (κ2) is 5.86. The van der Waals surface area contributed by atoms with Gasteiger partial charge in [-0.05, 0) is 0 Å². The first-order valence-corrected chi connectivity index (χ1v) is 4.96. The zero-order chi connectivity index (χ0) is 8.85. The number of thioether (sulfide) groups is 1. The van der Waals surface area contributed by atoms with Crippen molar-refractivity contribution >= 4 is 39.9 Å². The monoisotopic (exact) mass is 209 g/mol. The van der Waals surface area contributed by atoms with E-state index in [9.17, 15) is 0 Å². The van der Waals surface area contributed by atoms with Gasteiger partial charge in [-0.2, -0.15) is 0 Å². The minimum Gasteiger partial charge on any atom is -0.366 e. The van der Waals surface area contributed by atoms with Crippen molar-refractivity contribution in [1.82, 2.24) is 5.32 Å². The van der Waals surface area contributed by atoms with E-state index in [2.05, 4.69) is 25.7 Å². The van der Waals surface area contributed by atoms with Gasteiger partial charge in [-0.25, -0.2) is 0 Å². The highest BCUT2D eigenvalue weighted by molar-refractivity contribution is 8.23. The summed E-state index contributed by atoms with van der Waals surface area (Å²) in [6, 6.07) is 0. The molecule has 0 amide bonds. The SMILES string of the molecule is C=C(Cl)CNC(=S)SC(C)C. The number of thiocarbonyl (C=S) groups is 1. The Morgan fingerprint density at radius 2 is 2.27 bits per heavy atom. The van der Waals surface area contributed by atoms with Gasteiger partial charge in [0.1, 0.15) is 4.32 Å². The maximum atomic E-state index is 5.53. The molecule has 0 unspecified atom stereocenters. The Bertz CT molecular complexity index is 157. The summed E-state index contributed by atoms with van der Waals surface area (Å²) in [5.74, 6) is 0. The second-order valence-electron chi connectivity index (χ2n) is 2.32. The van der Waals surface area contributed by atoms with Crippen LogP contribution in [0, 0.1) is 0 Å². The van der Waals surface area contributed by atoms with E-state index in [1.54, 1.807) is 11.8 Å². The molecule has 0 spiro atoms. The molecule has 0 radical (unpaired) electrons. The Morgan fingerprint density at radius 3 is 2.64 bits per heavy atom. The van der Waals surface area contributed by atoms with E-state index in [1.807, 2.05) is 0 Å². The van der Waals surface area contributed by atoms with Crippen LogP contribution in [0.25, 0.3) is 0 Å². The van der Waals surface area contributed by atoms with Crippen LogP contribution in [0.4, 0.5) is 0 Å². The molecule has 1 N–H and O–H groups in total. The molecule has 0 atom stereocenters. The van der Waals surface area contributed by atoms with Crippen molar-refractivity contribution in [2.45, 2.75) is 19.1 Å². The van der Waals surface area contributed by atoms with Gasteiger partial charge in [0.15, 0.2) is 0 Å². The normalized spacial score (nSPS) is 9.82. The number of nitrogens with one attached hydrogen (secondary N) is 1. The first kappa shape index (κ1) is 11.3. The summed E-state index contributed by atoms with van der Waals surface area (Å²) < 4.78 is 0.779. The molecule has 4 heteroatoms. The van der Waals surface area contributed by atoms with Gasteiger partial charge in [0.2, 0.25) is 0 Å². The van der Waals surface area contributed by atoms with E-state index >= 15 is 0 Å². The van der Waals surface area contributed by atoms with E-state index in [0.717, 1.165) is 4.32 Å². The van der Waals surface area contributed by atoms with E-state index in [4.69, 9.17) is 23.8 Å². The van der Waals surface area contributed by atoms with E-state index in [1.165, 1.54) is 0 Å². The second-order valence-corrected chi connectivity index (χ2v) is 5.11. The molecule has 0 rings (SSSR count). The number of hydrogen-bond acceptors (Lipinski definition) is 2. The number of halogens is 1. The number of hydrogen-bond donors (Lipinski definition) is 1. The molecule has 1 nitrogen and oxygen atoms in total. The number of rotatable bonds is 3. The van der Waals surface area contributed by atoms with Crippen molar-refractivity contribution in [2.24, 2.45) is 0 Å². The molecular weight excluding hydrogens is 198 g/mol. The standard InChI is InChI=1S/C7H12ClNS2/c1-5(2)11-7(10)9-4-6(3)8/h5H,3-4H2,1-2H3,(H,9,10). The molecule has 0 saturated heterocycles. The largest absolute Gasteiger partial charge is 0.366 e. The highest BCUT2D eigenvalue weighted by atomic mass is 35.5. The quantitative estimate of drug-likeness (QED) is 0.718. The van der Waals surface area contributed by atoms with Crippen molar-refractivity contribution < 1.29 is 0 Å². The first-order valence-electron chi connectivity index (χ1n) is 3.30. The van der Waals surface area contributed by atoms with Crippen LogP contribution >= 0.6 is 35.6 Å². The molecule has 11 heavy (non-hydrogen) atoms. The summed E-state index contributed by atoms with van der Waals surface area (Å²) in [5.41, 5.74) is 0. The predicted octanol–water partition coefficient (Wildman–Crippen LogP) is 2.76. The molecule has 0 aliphatic rings. The van der Waals surface area contributed by atoms with E-state index < -0.39 is 0 Å². The van der Waals surface area contributed by atoms with Gasteiger partial charge in [0, 0.05) is 10.3 Å². The van der Waals surface area contributed by atoms with Crippen molar-refractivity contribution in [3.8, 4) is 0 Å². The molecule has 0 saturated carbocycles. The zero-order valence-electron chi connectivity index (χ0n) is 6.69. The molecule has 0 heterocycles. The fourth-order valence-electron chi connectivity index (χ4n) is 0.424. The Morgan fingerprint density at radius 1 is 1.73 bits per heavy atom. The Hall–Kier alpha value is 0.270. The third-order valence-corrected chi connectivity index (χ3v) is 2.16. The van der Waals surface area contributed by atoms with Gasteiger partial charge in [0.25, 0.3) is 0 Å². The third kappa shape index (κ3) is 8.17. The molecule has 0 aliphatic carbocycles. The molecular formula is C7H12ClNS2. The van der Waals surface area contributed by atoms with Gasteiger partial charge in [0.05, 0.1) is 6.54 Å². The highest BCUT2D eigenvalue weighted by Crippen LogP contribution is 2.10. The molecule has 0 aliphatic heterocycles. The van der Waals surface area contributed by atoms with Crippen molar-refractivity contribution in [2.75, 3.05) is 6.54 Å². The maximum absolute atomic E-state index is 5.53. The fraction of sp³-hybridized carbons (Fsp3) is 0.571. The summed E-state index contributed by atoms with van der Waals surface area (Å²) in [4.78, 5) is 0. The van der Waals surface area contributed by atoms with Gasteiger partial charge in [-0.1, -0.05) is 56.0 Å². The summed E-state index contributed by atoms with van der Waals surface area (Å²) in [6.45, 7) is 8.28. The topological polar surface area (TPSA) is 12.0 Å². The van der Waals surface area contributed by atoms with Gasteiger partial charge < -0.3 is 5.32 Å². The Balaban J connectivity index is 3.45. The van der Waals surface area contributed by atoms with E-state index in [0.29, 0.717) is 16.8 Å². The minimum atomic E-state index is 0.513. The molecule has 64 valence electrons. The molecule has 0 fully saturated rings. The maximum Gasteiger partial charge on any atom is 0.134 e. The lowest BCUT2D eigenvalue weighted by molar-refractivity contribution is 1.06. The predicted molar refractivity (Wildman–Crippen MR) is 58.3 cm³/mol. The average molecular weight is 210 g/mol. The van der Waals surface area contributed by atoms with Crippen molar-refractivity contribution in [1.29, 1.82) is 0 Å². The minimum absolute atomic E-state index is 0.513. The van der Waals surface area contributed by atoms with Gasteiger partial charge >= 0.3 is 0 Å². The van der Waals surface area contributed by atoms with Gasteiger partial charge in [-0.3, -0.25) is 0 Å². The van der Waals surface area contributed by atoms with Crippen LogP contribution in [0.15, 0.2) is 11.6 Å².